The molecule has 31 heavy (non-hydrogen) atoms. The van der Waals surface area contributed by atoms with Gasteiger partial charge in [-0.2, -0.15) is 0 Å². The number of likely N-dealkylation sites (tertiary alicyclic amines) is 1. The third-order valence-corrected chi connectivity index (χ3v) is 7.28. The van der Waals surface area contributed by atoms with Crippen LogP contribution in [0.4, 0.5) is 0 Å². The molecule has 1 heterocycles. The SMILES string of the molecule is O=C(NCc1ccccc1)C1CCN(C(=O)CNS(=O)(=O)c2ccc(Cl)c(Cl)c2)CC1. The van der Waals surface area contributed by atoms with Crippen molar-refractivity contribution in [1.29, 1.82) is 0 Å². The van der Waals surface area contributed by atoms with Crippen LogP contribution in [0.1, 0.15) is 18.4 Å². The van der Waals surface area contributed by atoms with Crippen LogP contribution in [0.2, 0.25) is 10.0 Å². The van der Waals surface area contributed by atoms with Gasteiger partial charge < -0.3 is 10.2 Å². The monoisotopic (exact) mass is 483 g/mol. The lowest BCUT2D eigenvalue weighted by atomic mass is 9.95. The number of halogens is 2. The van der Waals surface area contributed by atoms with Gasteiger partial charge in [-0.1, -0.05) is 53.5 Å². The van der Waals surface area contributed by atoms with E-state index in [1.54, 1.807) is 4.90 Å². The van der Waals surface area contributed by atoms with E-state index in [1.807, 2.05) is 30.3 Å². The molecular formula is C21H23Cl2N3O4S. The molecule has 0 aliphatic carbocycles. The van der Waals surface area contributed by atoms with E-state index in [9.17, 15) is 18.0 Å². The fourth-order valence-electron chi connectivity index (χ4n) is 3.32. The molecule has 1 saturated heterocycles. The topological polar surface area (TPSA) is 95.6 Å². The molecule has 0 radical (unpaired) electrons. The molecule has 1 aliphatic heterocycles. The van der Waals surface area contributed by atoms with Gasteiger partial charge in [-0.25, -0.2) is 13.1 Å². The summed E-state index contributed by atoms with van der Waals surface area (Å²) in [4.78, 5) is 26.3. The molecule has 2 aromatic carbocycles. The number of amides is 2. The first kappa shape index (κ1) is 23.5. The highest BCUT2D eigenvalue weighted by atomic mass is 35.5. The standard InChI is InChI=1S/C21H23Cl2N3O4S/c22-18-7-6-17(12-19(18)23)31(29,30)25-14-20(27)26-10-8-16(9-11-26)21(28)24-13-15-4-2-1-3-5-15/h1-7,12,16,25H,8-11,13-14H2,(H,24,28). The zero-order valence-corrected chi connectivity index (χ0v) is 19.0. The Kier molecular flexibility index (Phi) is 7.94. The number of piperidine rings is 1. The molecule has 0 saturated carbocycles. The molecule has 0 unspecified atom stereocenters. The molecule has 0 spiro atoms. The highest BCUT2D eigenvalue weighted by Crippen LogP contribution is 2.24. The molecule has 2 aromatic rings. The summed E-state index contributed by atoms with van der Waals surface area (Å²) in [6.07, 6.45) is 1.07. The van der Waals surface area contributed by atoms with Crippen molar-refractivity contribution in [1.82, 2.24) is 14.9 Å². The van der Waals surface area contributed by atoms with Gasteiger partial charge in [-0.05, 0) is 36.6 Å². The molecule has 10 heteroatoms. The number of benzene rings is 2. The van der Waals surface area contributed by atoms with Crippen LogP contribution in [-0.2, 0) is 26.2 Å². The van der Waals surface area contributed by atoms with Gasteiger partial charge in [0.05, 0.1) is 21.5 Å². The summed E-state index contributed by atoms with van der Waals surface area (Å²) in [5, 5.41) is 3.29. The van der Waals surface area contributed by atoms with E-state index >= 15 is 0 Å². The molecule has 1 aliphatic rings. The molecule has 2 N–H and O–H groups in total. The molecule has 0 atom stereocenters. The van der Waals surface area contributed by atoms with Gasteiger partial charge in [0.15, 0.2) is 0 Å². The molecule has 0 bridgehead atoms. The van der Waals surface area contributed by atoms with Crippen molar-refractivity contribution in [2.45, 2.75) is 24.3 Å². The van der Waals surface area contributed by atoms with Crippen LogP contribution in [0.5, 0.6) is 0 Å². The molecule has 1 fully saturated rings. The van der Waals surface area contributed by atoms with Gasteiger partial charge in [0.2, 0.25) is 21.8 Å². The van der Waals surface area contributed by atoms with Crippen molar-refractivity contribution < 1.29 is 18.0 Å². The van der Waals surface area contributed by atoms with Crippen LogP contribution < -0.4 is 10.0 Å². The molecule has 7 nitrogen and oxygen atoms in total. The van der Waals surface area contributed by atoms with Crippen molar-refractivity contribution in [2.75, 3.05) is 19.6 Å². The maximum absolute atomic E-state index is 12.4. The van der Waals surface area contributed by atoms with Crippen LogP contribution in [0, 0.1) is 5.92 Å². The van der Waals surface area contributed by atoms with E-state index in [2.05, 4.69) is 10.0 Å². The van der Waals surface area contributed by atoms with Gasteiger partial charge in [0.25, 0.3) is 0 Å². The number of hydrogen-bond acceptors (Lipinski definition) is 4. The lowest BCUT2D eigenvalue weighted by Crippen LogP contribution is -2.46. The third-order valence-electron chi connectivity index (χ3n) is 5.14. The molecule has 2 amide bonds. The van der Waals surface area contributed by atoms with Crippen molar-refractivity contribution in [3.8, 4) is 0 Å². The zero-order chi connectivity index (χ0) is 22.4. The predicted octanol–water partition coefficient (Wildman–Crippen LogP) is 2.83. The van der Waals surface area contributed by atoms with Gasteiger partial charge in [-0.15, -0.1) is 0 Å². The summed E-state index contributed by atoms with van der Waals surface area (Å²) in [6.45, 7) is 0.899. The first-order valence-corrected chi connectivity index (χ1v) is 12.0. The normalized spacial score (nSPS) is 15.0. The summed E-state index contributed by atoms with van der Waals surface area (Å²) in [5.41, 5.74) is 1.03. The second-order valence-corrected chi connectivity index (χ2v) is 9.84. The summed E-state index contributed by atoms with van der Waals surface area (Å²) in [6, 6.07) is 13.6. The minimum atomic E-state index is -3.90. The van der Waals surface area contributed by atoms with Crippen molar-refractivity contribution in [3.05, 3.63) is 64.1 Å². The van der Waals surface area contributed by atoms with Gasteiger partial charge in [0, 0.05) is 25.6 Å². The first-order valence-electron chi connectivity index (χ1n) is 9.80. The quantitative estimate of drug-likeness (QED) is 0.632. The summed E-state index contributed by atoms with van der Waals surface area (Å²) in [7, 11) is -3.90. The molecule has 3 rings (SSSR count). The van der Waals surface area contributed by atoms with E-state index in [4.69, 9.17) is 23.2 Å². The van der Waals surface area contributed by atoms with Gasteiger partial charge in [-0.3, -0.25) is 9.59 Å². The largest absolute Gasteiger partial charge is 0.352 e. The fourth-order valence-corrected chi connectivity index (χ4v) is 4.68. The highest BCUT2D eigenvalue weighted by Gasteiger charge is 2.28. The average Bonchev–Trinajstić information content (AvgIpc) is 2.78. The highest BCUT2D eigenvalue weighted by molar-refractivity contribution is 7.89. The van der Waals surface area contributed by atoms with Crippen molar-refractivity contribution in [2.24, 2.45) is 5.92 Å². The number of rotatable bonds is 7. The van der Waals surface area contributed by atoms with Gasteiger partial charge >= 0.3 is 0 Å². The van der Waals surface area contributed by atoms with Crippen LogP contribution in [0.15, 0.2) is 53.4 Å². The fraction of sp³-hybridized carbons (Fsp3) is 0.333. The Morgan fingerprint density at radius 2 is 1.68 bits per heavy atom. The van der Waals surface area contributed by atoms with Gasteiger partial charge in [0.1, 0.15) is 0 Å². The predicted molar refractivity (Wildman–Crippen MR) is 119 cm³/mol. The van der Waals surface area contributed by atoms with Crippen LogP contribution in [-0.4, -0.2) is 44.8 Å². The first-order chi connectivity index (χ1) is 14.8. The molecule has 166 valence electrons. The van der Waals surface area contributed by atoms with E-state index in [0.29, 0.717) is 32.5 Å². The van der Waals surface area contributed by atoms with Crippen molar-refractivity contribution in [3.63, 3.8) is 0 Å². The Balaban J connectivity index is 1.45. The van der Waals surface area contributed by atoms with Crippen LogP contribution >= 0.6 is 23.2 Å². The van der Waals surface area contributed by atoms with Crippen LogP contribution in [0.25, 0.3) is 0 Å². The van der Waals surface area contributed by atoms with E-state index in [0.717, 1.165) is 5.56 Å². The zero-order valence-electron chi connectivity index (χ0n) is 16.7. The third kappa shape index (κ3) is 6.43. The summed E-state index contributed by atoms with van der Waals surface area (Å²) in [5.74, 6) is -0.538. The van der Waals surface area contributed by atoms with E-state index in [1.165, 1.54) is 18.2 Å². The second kappa shape index (κ2) is 10.5. The van der Waals surface area contributed by atoms with E-state index < -0.39 is 10.0 Å². The Hall–Kier alpha value is -2.13. The lowest BCUT2D eigenvalue weighted by molar-refractivity contribution is -0.134. The Bertz CT molecular complexity index is 1040. The summed E-state index contributed by atoms with van der Waals surface area (Å²) >= 11 is 11.7. The number of carbonyl (C=O) groups is 2. The number of carbonyl (C=O) groups excluding carboxylic acids is 2. The van der Waals surface area contributed by atoms with Crippen molar-refractivity contribution >= 4 is 45.0 Å². The van der Waals surface area contributed by atoms with E-state index in [-0.39, 0.29) is 39.2 Å². The lowest BCUT2D eigenvalue weighted by Gasteiger charge is -2.31. The Morgan fingerprint density at radius 1 is 1.00 bits per heavy atom. The molecule has 0 aromatic heterocycles. The number of nitrogens with zero attached hydrogens (tertiary/aromatic N) is 1. The second-order valence-electron chi connectivity index (χ2n) is 7.26. The number of sulfonamides is 1. The van der Waals surface area contributed by atoms with Crippen LogP contribution in [0.3, 0.4) is 0 Å². The maximum atomic E-state index is 12.4. The Labute approximate surface area is 191 Å². The summed E-state index contributed by atoms with van der Waals surface area (Å²) < 4.78 is 27.0. The molecular weight excluding hydrogens is 461 g/mol. The minimum absolute atomic E-state index is 0.0312. The Morgan fingerprint density at radius 3 is 2.32 bits per heavy atom. The number of hydrogen-bond donors (Lipinski definition) is 2. The minimum Gasteiger partial charge on any atom is -0.352 e. The number of nitrogens with one attached hydrogen (secondary N) is 2. The smallest absolute Gasteiger partial charge is 0.241 e. The maximum Gasteiger partial charge on any atom is 0.241 e. The average molecular weight is 484 g/mol.